The van der Waals surface area contributed by atoms with Crippen LogP contribution in [-0.4, -0.2) is 17.0 Å². The highest BCUT2D eigenvalue weighted by atomic mass is 32.1. The highest BCUT2D eigenvalue weighted by Crippen LogP contribution is 2.35. The first-order chi connectivity index (χ1) is 12.9. The van der Waals surface area contributed by atoms with Gasteiger partial charge in [-0.05, 0) is 43.7 Å². The molecule has 27 heavy (non-hydrogen) atoms. The van der Waals surface area contributed by atoms with Gasteiger partial charge in [0.25, 0.3) is 5.56 Å². The molecule has 1 aliphatic rings. The highest BCUT2D eigenvalue weighted by molar-refractivity contribution is 7.18. The van der Waals surface area contributed by atoms with Gasteiger partial charge in [-0.3, -0.25) is 4.79 Å². The van der Waals surface area contributed by atoms with E-state index in [-0.39, 0.29) is 17.4 Å². The molecular weight excluding hydrogens is 361 g/mol. The Balaban J connectivity index is 1.65. The molecule has 4 nitrogen and oxygen atoms in total. The molecule has 0 amide bonds. The zero-order valence-corrected chi connectivity index (χ0v) is 16.8. The Bertz CT molecular complexity index is 1040. The van der Waals surface area contributed by atoms with Crippen LogP contribution in [0.1, 0.15) is 48.1 Å². The van der Waals surface area contributed by atoms with Crippen LogP contribution in [0.25, 0.3) is 10.2 Å². The van der Waals surface area contributed by atoms with Gasteiger partial charge >= 0.3 is 0 Å². The largest absolute Gasteiger partial charge is 0.325 e. The Morgan fingerprint density at radius 1 is 1.41 bits per heavy atom. The van der Waals surface area contributed by atoms with Gasteiger partial charge in [0.05, 0.1) is 12.4 Å². The molecule has 3 aromatic rings. The smallest absolute Gasteiger partial charge is 0.260 e. The second kappa shape index (κ2) is 7.17. The molecule has 1 aromatic carbocycles. The van der Waals surface area contributed by atoms with E-state index in [0.717, 1.165) is 34.4 Å². The molecule has 1 aliphatic carbocycles. The van der Waals surface area contributed by atoms with Crippen molar-refractivity contribution in [2.75, 3.05) is 7.05 Å². The first kappa shape index (κ1) is 18.3. The normalized spacial score (nSPS) is 19.0. The van der Waals surface area contributed by atoms with Crippen LogP contribution in [-0.2, 0) is 19.4 Å². The quantitative estimate of drug-likeness (QED) is 0.724. The molecule has 4 rings (SSSR count). The van der Waals surface area contributed by atoms with Gasteiger partial charge in [0, 0.05) is 10.4 Å². The minimum Gasteiger partial charge on any atom is -0.325 e. The lowest BCUT2D eigenvalue weighted by molar-refractivity contribution is -0.924. The van der Waals surface area contributed by atoms with Gasteiger partial charge in [0.15, 0.2) is 5.82 Å². The van der Waals surface area contributed by atoms with E-state index in [1.165, 1.54) is 16.5 Å². The van der Waals surface area contributed by atoms with Gasteiger partial charge in [-0.25, -0.2) is 9.37 Å². The SMILES string of the molecule is C[C@H]1CCc2c(sc3nc([C@@H](C)[NH+](C)Cc4ccccc4F)[nH]c(=O)c23)C1. The fourth-order valence-corrected chi connectivity index (χ4v) is 5.29. The van der Waals surface area contributed by atoms with Crippen molar-refractivity contribution in [3.05, 3.63) is 62.3 Å². The number of aromatic amines is 1. The van der Waals surface area contributed by atoms with E-state index in [2.05, 4.69) is 11.9 Å². The first-order valence-electron chi connectivity index (χ1n) is 9.54. The summed E-state index contributed by atoms with van der Waals surface area (Å²) in [5.74, 6) is 1.15. The molecule has 3 atom stereocenters. The van der Waals surface area contributed by atoms with E-state index in [9.17, 15) is 9.18 Å². The Morgan fingerprint density at radius 3 is 2.96 bits per heavy atom. The standard InChI is InChI=1S/C21H24FN3OS/c1-12-8-9-15-17(10-12)27-21-18(15)20(26)23-19(24-21)13(2)25(3)11-14-6-4-5-7-16(14)22/h4-7,12-13H,8-11H2,1-3H3,(H,23,24,26)/p+1/t12-,13+/m0/s1. The number of halogens is 1. The average molecular weight is 387 g/mol. The van der Waals surface area contributed by atoms with Gasteiger partial charge in [-0.15, -0.1) is 11.3 Å². The number of benzene rings is 1. The molecule has 6 heteroatoms. The summed E-state index contributed by atoms with van der Waals surface area (Å²) < 4.78 is 14.0. The van der Waals surface area contributed by atoms with Crippen LogP contribution >= 0.6 is 11.3 Å². The van der Waals surface area contributed by atoms with E-state index in [1.54, 1.807) is 23.5 Å². The molecule has 2 N–H and O–H groups in total. The fraction of sp³-hybridized carbons (Fsp3) is 0.429. The number of nitrogens with one attached hydrogen (secondary N) is 2. The number of aryl methyl sites for hydroxylation is 1. The van der Waals surface area contributed by atoms with Crippen LogP contribution in [0.5, 0.6) is 0 Å². The number of quaternary nitrogens is 1. The van der Waals surface area contributed by atoms with Crippen LogP contribution in [0.15, 0.2) is 29.1 Å². The minimum absolute atomic E-state index is 0.0346. The number of hydrogen-bond donors (Lipinski definition) is 2. The molecule has 0 spiro atoms. The van der Waals surface area contributed by atoms with E-state index in [0.29, 0.717) is 23.9 Å². The Morgan fingerprint density at radius 2 is 2.19 bits per heavy atom. The lowest BCUT2D eigenvalue weighted by atomic mass is 9.89. The summed E-state index contributed by atoms with van der Waals surface area (Å²) in [5, 5.41) is 0.782. The predicted molar refractivity (Wildman–Crippen MR) is 107 cm³/mol. The summed E-state index contributed by atoms with van der Waals surface area (Å²) in [6.45, 7) is 4.82. The van der Waals surface area contributed by atoms with Crippen molar-refractivity contribution in [3.63, 3.8) is 0 Å². The number of fused-ring (bicyclic) bond motifs is 3. The van der Waals surface area contributed by atoms with Crippen LogP contribution in [0.3, 0.4) is 0 Å². The third-order valence-corrected chi connectivity index (χ3v) is 6.91. The zero-order chi connectivity index (χ0) is 19.1. The molecular formula is C21H25FN3OS+. The number of thiophene rings is 1. The summed E-state index contributed by atoms with van der Waals surface area (Å²) in [7, 11) is 2.00. The van der Waals surface area contributed by atoms with Crippen LogP contribution < -0.4 is 10.5 Å². The summed E-state index contributed by atoms with van der Waals surface area (Å²) in [6, 6.07) is 6.79. The van der Waals surface area contributed by atoms with Gasteiger partial charge in [-0.2, -0.15) is 0 Å². The average Bonchev–Trinajstić information content (AvgIpc) is 3.00. The molecule has 0 aliphatic heterocycles. The maximum atomic E-state index is 14.0. The van der Waals surface area contributed by atoms with Crippen molar-refractivity contribution in [3.8, 4) is 0 Å². The number of aromatic nitrogens is 2. The van der Waals surface area contributed by atoms with E-state index < -0.39 is 0 Å². The number of hydrogen-bond acceptors (Lipinski definition) is 3. The number of rotatable bonds is 4. The fourth-order valence-electron chi connectivity index (χ4n) is 3.90. The monoisotopic (exact) mass is 386 g/mol. The van der Waals surface area contributed by atoms with Crippen molar-refractivity contribution in [1.82, 2.24) is 9.97 Å². The maximum absolute atomic E-state index is 14.0. The Kier molecular flexibility index (Phi) is 4.86. The van der Waals surface area contributed by atoms with Gasteiger partial charge < -0.3 is 9.88 Å². The minimum atomic E-state index is -0.194. The van der Waals surface area contributed by atoms with Gasteiger partial charge in [0.2, 0.25) is 0 Å². The van der Waals surface area contributed by atoms with Crippen LogP contribution in [0, 0.1) is 11.7 Å². The van der Waals surface area contributed by atoms with Crippen LogP contribution in [0.4, 0.5) is 4.39 Å². The first-order valence-corrected chi connectivity index (χ1v) is 10.4. The molecule has 0 saturated carbocycles. The van der Waals surface area contributed by atoms with Crippen molar-refractivity contribution < 1.29 is 9.29 Å². The van der Waals surface area contributed by atoms with E-state index in [4.69, 9.17) is 4.98 Å². The molecule has 2 aromatic heterocycles. The van der Waals surface area contributed by atoms with Crippen molar-refractivity contribution in [2.24, 2.45) is 5.92 Å². The Hall–Kier alpha value is -2.05. The highest BCUT2D eigenvalue weighted by Gasteiger charge is 2.25. The molecule has 2 heterocycles. The molecule has 0 saturated heterocycles. The summed E-state index contributed by atoms with van der Waals surface area (Å²) in [4.78, 5) is 23.8. The number of H-pyrrole nitrogens is 1. The molecule has 1 unspecified atom stereocenters. The van der Waals surface area contributed by atoms with Gasteiger partial charge in [0.1, 0.15) is 23.2 Å². The van der Waals surface area contributed by atoms with E-state index >= 15 is 0 Å². The lowest BCUT2D eigenvalue weighted by Crippen LogP contribution is -3.07. The van der Waals surface area contributed by atoms with Crippen LogP contribution in [0.2, 0.25) is 0 Å². The third kappa shape index (κ3) is 3.44. The molecule has 0 radical (unpaired) electrons. The second-order valence-electron chi connectivity index (χ2n) is 7.82. The summed E-state index contributed by atoms with van der Waals surface area (Å²) in [5.41, 5.74) is 1.84. The number of nitrogens with zero attached hydrogens (tertiary/aromatic N) is 1. The maximum Gasteiger partial charge on any atom is 0.260 e. The molecule has 142 valence electrons. The Labute approximate surface area is 162 Å². The lowest BCUT2D eigenvalue weighted by Gasteiger charge is -2.21. The van der Waals surface area contributed by atoms with Crippen molar-refractivity contribution >= 4 is 21.6 Å². The zero-order valence-electron chi connectivity index (χ0n) is 15.9. The van der Waals surface area contributed by atoms with Crippen molar-refractivity contribution in [1.29, 1.82) is 0 Å². The van der Waals surface area contributed by atoms with Gasteiger partial charge in [-0.1, -0.05) is 25.1 Å². The predicted octanol–water partition coefficient (Wildman–Crippen LogP) is 3.02. The molecule has 0 bridgehead atoms. The molecule has 0 fully saturated rings. The third-order valence-electron chi connectivity index (χ3n) is 5.76. The van der Waals surface area contributed by atoms with E-state index in [1.807, 2.05) is 20.0 Å². The van der Waals surface area contributed by atoms with Crippen molar-refractivity contribution in [2.45, 2.75) is 45.7 Å². The topological polar surface area (TPSA) is 50.2 Å². The summed E-state index contributed by atoms with van der Waals surface area (Å²) >= 11 is 1.67. The summed E-state index contributed by atoms with van der Waals surface area (Å²) in [6.07, 6.45) is 3.14. The second-order valence-corrected chi connectivity index (χ2v) is 8.90.